The molecule has 0 N–H and O–H groups in total. The van der Waals surface area contributed by atoms with E-state index in [1.165, 1.54) is 12.1 Å². The van der Waals surface area contributed by atoms with Gasteiger partial charge in [-0.3, -0.25) is 0 Å². The van der Waals surface area contributed by atoms with Gasteiger partial charge in [0.15, 0.2) is 0 Å². The van der Waals surface area contributed by atoms with Crippen molar-refractivity contribution in [1.82, 2.24) is 0 Å². The Morgan fingerprint density at radius 2 is 2.17 bits per heavy atom. The summed E-state index contributed by atoms with van der Waals surface area (Å²) in [6.45, 7) is 4.00. The summed E-state index contributed by atoms with van der Waals surface area (Å²) in [7, 11) is 0. The zero-order chi connectivity index (χ0) is 8.55. The minimum Gasteiger partial charge on any atom is -0.155 e. The molecule has 0 aromatic rings. The third-order valence-corrected chi connectivity index (χ3v) is 2.40. The predicted octanol–water partition coefficient (Wildman–Crippen LogP) is 2.41. The van der Waals surface area contributed by atoms with E-state index in [0.717, 1.165) is 5.92 Å². The minimum absolute atomic E-state index is 0.212. The third kappa shape index (κ3) is 1.00. The number of hydrogen-bond acceptors (Lipinski definition) is 3. The molecule has 0 aromatic heterocycles. The van der Waals surface area contributed by atoms with Gasteiger partial charge in [-0.1, -0.05) is 26.0 Å². The summed E-state index contributed by atoms with van der Waals surface area (Å²) in [4.78, 5) is 0. The highest BCUT2D eigenvalue weighted by Crippen LogP contribution is 2.46. The molecular formula is C9H13N3. The zero-order valence-electron chi connectivity index (χ0n) is 7.44. The van der Waals surface area contributed by atoms with E-state index in [4.69, 9.17) is 0 Å². The van der Waals surface area contributed by atoms with Crippen LogP contribution in [0, 0.1) is 11.8 Å². The lowest BCUT2D eigenvalue weighted by atomic mass is 10.0. The Bertz CT molecular complexity index is 265. The Labute approximate surface area is 72.3 Å². The first-order valence-corrected chi connectivity index (χ1v) is 4.61. The van der Waals surface area contributed by atoms with Gasteiger partial charge < -0.3 is 0 Å². The van der Waals surface area contributed by atoms with E-state index in [1.54, 1.807) is 0 Å². The quantitative estimate of drug-likeness (QED) is 0.492. The summed E-state index contributed by atoms with van der Waals surface area (Å²) in [6.07, 6.45) is 5.64. The molecule has 3 heteroatoms. The Morgan fingerprint density at radius 3 is 3.00 bits per heavy atom. The zero-order valence-corrected chi connectivity index (χ0v) is 7.44. The van der Waals surface area contributed by atoms with E-state index in [9.17, 15) is 0 Å². The number of fused-ring (bicyclic) bond motifs is 3. The van der Waals surface area contributed by atoms with Gasteiger partial charge in [0.1, 0.15) is 6.04 Å². The molecular weight excluding hydrogens is 150 g/mol. The molecule has 1 fully saturated rings. The highest BCUT2D eigenvalue weighted by Gasteiger charge is 2.45. The molecule has 3 rings (SSSR count). The van der Waals surface area contributed by atoms with Crippen molar-refractivity contribution in [3.05, 3.63) is 12.2 Å². The van der Waals surface area contributed by atoms with Gasteiger partial charge >= 0.3 is 0 Å². The first kappa shape index (κ1) is 7.65. The largest absolute Gasteiger partial charge is 0.155 e. The fourth-order valence-corrected chi connectivity index (χ4v) is 1.70. The van der Waals surface area contributed by atoms with Crippen LogP contribution in [0.1, 0.15) is 20.3 Å². The van der Waals surface area contributed by atoms with Crippen LogP contribution in [0.5, 0.6) is 0 Å². The molecule has 3 unspecified atom stereocenters. The van der Waals surface area contributed by atoms with Gasteiger partial charge in [0, 0.05) is 5.92 Å². The first-order chi connectivity index (χ1) is 5.95. The van der Waals surface area contributed by atoms with E-state index < -0.39 is 0 Å². The van der Waals surface area contributed by atoms with Crippen LogP contribution in [-0.2, 0) is 0 Å². The van der Waals surface area contributed by atoms with E-state index in [1.807, 2.05) is 13.8 Å². The second kappa shape index (κ2) is 2.81. The summed E-state index contributed by atoms with van der Waals surface area (Å²) >= 11 is 0. The average Bonchev–Trinajstić information content (AvgIpc) is 2.79. The molecule has 0 spiro atoms. The molecule has 12 heavy (non-hydrogen) atoms. The van der Waals surface area contributed by atoms with Crippen molar-refractivity contribution in [3.8, 4) is 0 Å². The Morgan fingerprint density at radius 1 is 1.33 bits per heavy atom. The monoisotopic (exact) mass is 163 g/mol. The van der Waals surface area contributed by atoms with Crippen LogP contribution >= 0.6 is 0 Å². The van der Waals surface area contributed by atoms with Crippen LogP contribution in [0.2, 0.25) is 0 Å². The van der Waals surface area contributed by atoms with E-state index >= 15 is 0 Å². The van der Waals surface area contributed by atoms with Crippen molar-refractivity contribution in [3.63, 3.8) is 0 Å². The van der Waals surface area contributed by atoms with Crippen LogP contribution in [-0.4, -0.2) is 11.8 Å². The predicted molar refractivity (Wildman–Crippen MR) is 48.2 cm³/mol. The highest BCUT2D eigenvalue weighted by molar-refractivity contribution is 5.97. The van der Waals surface area contributed by atoms with Crippen LogP contribution in [0.25, 0.3) is 0 Å². The van der Waals surface area contributed by atoms with Gasteiger partial charge in [-0.05, 0) is 17.6 Å². The average molecular weight is 163 g/mol. The van der Waals surface area contributed by atoms with Crippen molar-refractivity contribution in [2.24, 2.45) is 27.3 Å². The van der Waals surface area contributed by atoms with Gasteiger partial charge in [0.25, 0.3) is 0 Å². The Hall–Kier alpha value is -0.990. The number of hydrogen-bond donors (Lipinski definition) is 0. The molecule has 64 valence electrons. The van der Waals surface area contributed by atoms with E-state index in [-0.39, 0.29) is 6.04 Å². The molecule has 0 aromatic carbocycles. The third-order valence-electron chi connectivity index (χ3n) is 2.40. The molecule has 0 amide bonds. The maximum absolute atomic E-state index is 4.00. The second-order valence-corrected chi connectivity index (χ2v) is 3.07. The molecule has 3 aliphatic rings. The number of nitrogens with zero attached hydrogens (tertiary/aromatic N) is 3. The van der Waals surface area contributed by atoms with Crippen molar-refractivity contribution in [2.75, 3.05) is 0 Å². The molecule has 1 aliphatic heterocycles. The van der Waals surface area contributed by atoms with Gasteiger partial charge in [-0.25, -0.2) is 0 Å². The van der Waals surface area contributed by atoms with Crippen LogP contribution in [0.3, 0.4) is 0 Å². The molecule has 1 saturated carbocycles. The van der Waals surface area contributed by atoms with Gasteiger partial charge in [0.2, 0.25) is 0 Å². The van der Waals surface area contributed by atoms with Crippen molar-refractivity contribution in [2.45, 2.75) is 26.3 Å². The lowest BCUT2D eigenvalue weighted by molar-refractivity contribution is 0.907. The number of allylic oxidation sites excluding steroid dienone is 1. The normalized spacial score (nSPS) is 39.2. The maximum Gasteiger partial charge on any atom is 0.131 e. The second-order valence-electron chi connectivity index (χ2n) is 3.07. The van der Waals surface area contributed by atoms with Crippen LogP contribution < -0.4 is 0 Å². The minimum atomic E-state index is 0.212. The molecule has 0 saturated heterocycles. The van der Waals surface area contributed by atoms with E-state index in [0.29, 0.717) is 5.92 Å². The SMILES string of the molecule is C1=CC2CC2C2=NN=NC12.CC. The molecule has 3 nitrogen and oxygen atoms in total. The van der Waals surface area contributed by atoms with Crippen molar-refractivity contribution >= 4 is 5.71 Å². The van der Waals surface area contributed by atoms with Crippen LogP contribution in [0.15, 0.2) is 27.6 Å². The Balaban J connectivity index is 0.000000264. The molecule has 1 heterocycles. The fourth-order valence-electron chi connectivity index (χ4n) is 1.70. The van der Waals surface area contributed by atoms with Gasteiger partial charge in [-0.15, -0.1) is 5.10 Å². The lowest BCUT2D eigenvalue weighted by Gasteiger charge is -2.06. The maximum atomic E-state index is 4.00. The smallest absolute Gasteiger partial charge is 0.131 e. The van der Waals surface area contributed by atoms with Crippen molar-refractivity contribution < 1.29 is 0 Å². The lowest BCUT2D eigenvalue weighted by Crippen LogP contribution is -2.18. The fraction of sp³-hybridized carbons (Fsp3) is 0.667. The molecule has 0 bridgehead atoms. The number of rotatable bonds is 0. The summed E-state index contributed by atoms with van der Waals surface area (Å²) < 4.78 is 0. The first-order valence-electron chi connectivity index (χ1n) is 4.61. The summed E-state index contributed by atoms with van der Waals surface area (Å²) in [5, 5.41) is 11.6. The van der Waals surface area contributed by atoms with Gasteiger partial charge in [-0.2, -0.15) is 5.11 Å². The van der Waals surface area contributed by atoms with Crippen LogP contribution in [0.4, 0.5) is 0 Å². The summed E-state index contributed by atoms with van der Waals surface area (Å²) in [5.74, 6) is 1.48. The Kier molecular flexibility index (Phi) is 1.79. The van der Waals surface area contributed by atoms with Gasteiger partial charge in [0.05, 0.1) is 5.71 Å². The highest BCUT2D eigenvalue weighted by atomic mass is 15.4. The topological polar surface area (TPSA) is 37.1 Å². The summed E-state index contributed by atoms with van der Waals surface area (Å²) in [5.41, 5.74) is 1.20. The molecule has 2 aliphatic carbocycles. The van der Waals surface area contributed by atoms with Crippen molar-refractivity contribution in [1.29, 1.82) is 0 Å². The van der Waals surface area contributed by atoms with E-state index in [2.05, 4.69) is 27.6 Å². The standard InChI is InChI=1S/C7H7N3.C2H6/c1-2-6-7(9-10-8-6)5-3-4(1)5;1-2/h1-2,4-6H,3H2;1-2H3. The molecule has 3 atom stereocenters. The molecule has 0 radical (unpaired) electrons. The summed E-state index contributed by atoms with van der Waals surface area (Å²) in [6, 6.07) is 0.212.